The molecule has 0 radical (unpaired) electrons. The minimum absolute atomic E-state index is 0.642. The number of nitrogens with zero attached hydrogens (tertiary/aromatic N) is 2. The van der Waals surface area contributed by atoms with Gasteiger partial charge in [-0.25, -0.2) is 0 Å². The van der Waals surface area contributed by atoms with Crippen LogP contribution in [0.25, 0.3) is 0 Å². The molecule has 0 saturated heterocycles. The molecule has 0 spiro atoms. The minimum Gasteiger partial charge on any atom is -0.356 e. The normalized spacial score (nSPS) is 16.0. The van der Waals surface area contributed by atoms with Crippen LogP contribution in [0.15, 0.2) is 12.4 Å². The molecule has 0 aromatic rings. The Morgan fingerprint density at radius 1 is 0.419 bits per heavy atom. The molecule has 0 bridgehead atoms. The van der Waals surface area contributed by atoms with Crippen LogP contribution in [0.2, 0.25) is 0 Å². The van der Waals surface area contributed by atoms with E-state index in [-0.39, 0.29) is 0 Å². The highest BCUT2D eigenvalue weighted by Crippen LogP contribution is 2.23. The molecule has 2 heteroatoms. The van der Waals surface area contributed by atoms with Crippen molar-refractivity contribution in [2.75, 3.05) is 13.1 Å². The standard InChI is InChI=1S/C29H58N2/c1-4-7-9-11-13-14-15-16-17-18-19-21-23-26-31-28-27-30(25-6-3)29(31)24-22-20-12-10-8-5-2/h27-29H,4-26H2,1-3H3. The van der Waals surface area contributed by atoms with Crippen LogP contribution in [0.3, 0.4) is 0 Å². The van der Waals surface area contributed by atoms with Crippen molar-refractivity contribution in [3.05, 3.63) is 12.4 Å². The van der Waals surface area contributed by atoms with E-state index in [0.29, 0.717) is 6.17 Å². The Labute approximate surface area is 197 Å². The number of rotatable bonds is 23. The van der Waals surface area contributed by atoms with E-state index in [2.05, 4.69) is 43.0 Å². The summed E-state index contributed by atoms with van der Waals surface area (Å²) in [5, 5.41) is 0. The molecule has 1 unspecified atom stereocenters. The molecule has 2 nitrogen and oxygen atoms in total. The summed E-state index contributed by atoms with van der Waals surface area (Å²) in [6.45, 7) is 9.39. The second-order valence-electron chi connectivity index (χ2n) is 10.1. The zero-order valence-electron chi connectivity index (χ0n) is 21.9. The lowest BCUT2D eigenvalue weighted by atomic mass is 10.0. The molecule has 0 N–H and O–H groups in total. The summed E-state index contributed by atoms with van der Waals surface area (Å²) < 4.78 is 0. The maximum atomic E-state index is 2.65. The summed E-state index contributed by atoms with van der Waals surface area (Å²) in [7, 11) is 0. The van der Waals surface area contributed by atoms with Gasteiger partial charge in [-0.2, -0.15) is 0 Å². The average molecular weight is 435 g/mol. The summed E-state index contributed by atoms with van der Waals surface area (Å²) in [5.74, 6) is 0. The molecular weight excluding hydrogens is 376 g/mol. The van der Waals surface area contributed by atoms with Gasteiger partial charge in [-0.1, -0.05) is 130 Å². The van der Waals surface area contributed by atoms with Gasteiger partial charge in [-0.3, -0.25) is 0 Å². The highest BCUT2D eigenvalue weighted by Gasteiger charge is 2.24. The summed E-state index contributed by atoms with van der Waals surface area (Å²) >= 11 is 0. The largest absolute Gasteiger partial charge is 0.356 e. The summed E-state index contributed by atoms with van der Waals surface area (Å²) in [6.07, 6.45) is 35.2. The van der Waals surface area contributed by atoms with Crippen LogP contribution >= 0.6 is 0 Å². The lowest BCUT2D eigenvalue weighted by Crippen LogP contribution is -2.39. The maximum Gasteiger partial charge on any atom is 0.101 e. The predicted molar refractivity (Wildman–Crippen MR) is 140 cm³/mol. The van der Waals surface area contributed by atoms with E-state index in [1.165, 1.54) is 148 Å². The van der Waals surface area contributed by atoms with Gasteiger partial charge >= 0.3 is 0 Å². The molecule has 1 aliphatic rings. The van der Waals surface area contributed by atoms with Gasteiger partial charge < -0.3 is 9.80 Å². The fourth-order valence-corrected chi connectivity index (χ4v) is 5.02. The van der Waals surface area contributed by atoms with Crippen molar-refractivity contribution >= 4 is 0 Å². The molecule has 0 aromatic carbocycles. The van der Waals surface area contributed by atoms with E-state index < -0.39 is 0 Å². The van der Waals surface area contributed by atoms with Gasteiger partial charge in [0.15, 0.2) is 0 Å². The molecule has 0 fully saturated rings. The van der Waals surface area contributed by atoms with E-state index in [1.807, 2.05) is 0 Å². The minimum atomic E-state index is 0.642. The topological polar surface area (TPSA) is 6.48 Å². The van der Waals surface area contributed by atoms with Crippen molar-refractivity contribution in [1.82, 2.24) is 9.80 Å². The fourth-order valence-electron chi connectivity index (χ4n) is 5.02. The highest BCUT2D eigenvalue weighted by atomic mass is 15.4. The van der Waals surface area contributed by atoms with Crippen LogP contribution < -0.4 is 0 Å². The number of unbranched alkanes of at least 4 members (excludes halogenated alkanes) is 17. The van der Waals surface area contributed by atoms with Crippen LogP contribution in [-0.4, -0.2) is 29.1 Å². The number of hydrogen-bond donors (Lipinski definition) is 0. The van der Waals surface area contributed by atoms with E-state index >= 15 is 0 Å². The molecule has 0 saturated carbocycles. The molecule has 0 aliphatic carbocycles. The zero-order valence-corrected chi connectivity index (χ0v) is 21.9. The zero-order chi connectivity index (χ0) is 22.4. The van der Waals surface area contributed by atoms with Crippen LogP contribution in [0.4, 0.5) is 0 Å². The summed E-state index contributed by atoms with van der Waals surface area (Å²) in [4.78, 5) is 5.26. The van der Waals surface area contributed by atoms with Crippen LogP contribution in [0, 0.1) is 0 Å². The molecule has 0 aromatic heterocycles. The van der Waals surface area contributed by atoms with Gasteiger partial charge in [0, 0.05) is 25.5 Å². The van der Waals surface area contributed by atoms with Gasteiger partial charge in [0.2, 0.25) is 0 Å². The second kappa shape index (κ2) is 21.2. The lowest BCUT2D eigenvalue weighted by molar-refractivity contribution is 0.137. The maximum absolute atomic E-state index is 2.65. The van der Waals surface area contributed by atoms with Gasteiger partial charge in [0.1, 0.15) is 6.17 Å². The van der Waals surface area contributed by atoms with Gasteiger partial charge in [0.25, 0.3) is 0 Å². The van der Waals surface area contributed by atoms with Crippen molar-refractivity contribution in [3.63, 3.8) is 0 Å². The average Bonchev–Trinajstić information content (AvgIpc) is 3.15. The Bertz CT molecular complexity index is 392. The van der Waals surface area contributed by atoms with Crippen molar-refractivity contribution < 1.29 is 0 Å². The monoisotopic (exact) mass is 434 g/mol. The predicted octanol–water partition coefficient (Wildman–Crippen LogP) is 9.65. The highest BCUT2D eigenvalue weighted by molar-refractivity contribution is 4.96. The van der Waals surface area contributed by atoms with E-state index in [4.69, 9.17) is 0 Å². The van der Waals surface area contributed by atoms with E-state index in [0.717, 1.165) is 0 Å². The Balaban J connectivity index is 2.04. The first kappa shape index (κ1) is 28.4. The smallest absolute Gasteiger partial charge is 0.101 e. The van der Waals surface area contributed by atoms with Crippen molar-refractivity contribution in [2.45, 2.75) is 162 Å². The molecule has 1 heterocycles. The van der Waals surface area contributed by atoms with Gasteiger partial charge in [0.05, 0.1) is 0 Å². The molecule has 1 rings (SSSR count). The lowest BCUT2D eigenvalue weighted by Gasteiger charge is -2.33. The third-order valence-corrected chi connectivity index (χ3v) is 7.03. The van der Waals surface area contributed by atoms with Gasteiger partial charge in [-0.15, -0.1) is 0 Å². The second-order valence-corrected chi connectivity index (χ2v) is 10.1. The van der Waals surface area contributed by atoms with Crippen LogP contribution in [-0.2, 0) is 0 Å². The summed E-state index contributed by atoms with van der Waals surface area (Å²) in [6, 6.07) is 0. The van der Waals surface area contributed by atoms with Crippen LogP contribution in [0.5, 0.6) is 0 Å². The fraction of sp³-hybridized carbons (Fsp3) is 0.931. The molecule has 1 aliphatic heterocycles. The summed E-state index contributed by atoms with van der Waals surface area (Å²) in [5.41, 5.74) is 0. The van der Waals surface area contributed by atoms with Crippen LogP contribution in [0.1, 0.15) is 156 Å². The molecule has 31 heavy (non-hydrogen) atoms. The van der Waals surface area contributed by atoms with E-state index in [1.54, 1.807) is 0 Å². The molecule has 184 valence electrons. The van der Waals surface area contributed by atoms with E-state index in [9.17, 15) is 0 Å². The molecular formula is C29H58N2. The third kappa shape index (κ3) is 14.9. The van der Waals surface area contributed by atoms with Gasteiger partial charge in [-0.05, 0) is 25.7 Å². The first-order valence-corrected chi connectivity index (χ1v) is 14.5. The first-order chi connectivity index (χ1) is 15.3. The quantitative estimate of drug-likeness (QED) is 0.148. The molecule has 0 amide bonds. The Hall–Kier alpha value is -0.660. The first-order valence-electron chi connectivity index (χ1n) is 14.5. The third-order valence-electron chi connectivity index (χ3n) is 7.03. The SMILES string of the molecule is CCCCCCCCCCCCCCCN1C=CN(CCC)C1CCCCCCCC. The Kier molecular flexibility index (Phi) is 19.4. The number of hydrogen-bond acceptors (Lipinski definition) is 2. The Morgan fingerprint density at radius 3 is 1.26 bits per heavy atom. The Morgan fingerprint density at radius 2 is 0.806 bits per heavy atom. The van der Waals surface area contributed by atoms with Crippen molar-refractivity contribution in [2.24, 2.45) is 0 Å². The molecule has 1 atom stereocenters. The van der Waals surface area contributed by atoms with Crippen molar-refractivity contribution in [3.8, 4) is 0 Å². The van der Waals surface area contributed by atoms with Crippen molar-refractivity contribution in [1.29, 1.82) is 0 Å².